The standard InChI is InChI=1S/C10H11NO5/c1-7(12)14-6-15-10(13)16-9-4-2-8(11)3-5-9/h2-5H,6,11H2,1H3. The lowest BCUT2D eigenvalue weighted by Crippen LogP contribution is -2.14. The molecule has 16 heavy (non-hydrogen) atoms. The highest BCUT2D eigenvalue weighted by Gasteiger charge is 2.06. The van der Waals surface area contributed by atoms with Crippen LogP contribution in [0.4, 0.5) is 10.5 Å². The number of rotatable bonds is 3. The van der Waals surface area contributed by atoms with E-state index in [4.69, 9.17) is 10.5 Å². The molecule has 86 valence electrons. The van der Waals surface area contributed by atoms with Crippen molar-refractivity contribution in [1.82, 2.24) is 0 Å². The largest absolute Gasteiger partial charge is 0.516 e. The molecule has 0 saturated heterocycles. The van der Waals surface area contributed by atoms with Crippen LogP contribution in [0, 0.1) is 0 Å². The van der Waals surface area contributed by atoms with E-state index in [0.717, 1.165) is 0 Å². The first-order valence-corrected chi connectivity index (χ1v) is 4.41. The highest BCUT2D eigenvalue weighted by Crippen LogP contribution is 2.13. The van der Waals surface area contributed by atoms with Gasteiger partial charge in [-0.05, 0) is 24.3 Å². The number of esters is 1. The van der Waals surface area contributed by atoms with E-state index in [1.54, 1.807) is 12.1 Å². The zero-order chi connectivity index (χ0) is 12.0. The van der Waals surface area contributed by atoms with Crippen LogP contribution in [0.3, 0.4) is 0 Å². The van der Waals surface area contributed by atoms with E-state index < -0.39 is 18.9 Å². The highest BCUT2D eigenvalue weighted by atomic mass is 16.8. The van der Waals surface area contributed by atoms with Gasteiger partial charge in [-0.25, -0.2) is 4.79 Å². The van der Waals surface area contributed by atoms with Crippen molar-refractivity contribution >= 4 is 17.8 Å². The zero-order valence-corrected chi connectivity index (χ0v) is 8.64. The van der Waals surface area contributed by atoms with Crippen molar-refractivity contribution in [1.29, 1.82) is 0 Å². The van der Waals surface area contributed by atoms with Crippen molar-refractivity contribution in [3.05, 3.63) is 24.3 Å². The summed E-state index contributed by atoms with van der Waals surface area (Å²) in [6, 6.07) is 6.19. The van der Waals surface area contributed by atoms with Gasteiger partial charge in [0.2, 0.25) is 6.79 Å². The van der Waals surface area contributed by atoms with Crippen molar-refractivity contribution < 1.29 is 23.8 Å². The number of hydrogen-bond acceptors (Lipinski definition) is 6. The Labute approximate surface area is 91.9 Å². The zero-order valence-electron chi connectivity index (χ0n) is 8.64. The van der Waals surface area contributed by atoms with E-state index in [-0.39, 0.29) is 0 Å². The third-order valence-corrected chi connectivity index (χ3v) is 1.52. The number of ether oxygens (including phenoxy) is 3. The summed E-state index contributed by atoms with van der Waals surface area (Å²) in [7, 11) is 0. The quantitative estimate of drug-likeness (QED) is 0.361. The molecule has 0 amide bonds. The molecule has 6 nitrogen and oxygen atoms in total. The summed E-state index contributed by atoms with van der Waals surface area (Å²) in [5.41, 5.74) is 6.00. The van der Waals surface area contributed by atoms with Gasteiger partial charge in [-0.1, -0.05) is 0 Å². The number of carbonyl (C=O) groups excluding carboxylic acids is 2. The van der Waals surface area contributed by atoms with E-state index in [1.807, 2.05) is 0 Å². The maximum absolute atomic E-state index is 11.0. The molecule has 0 aliphatic rings. The van der Waals surface area contributed by atoms with Gasteiger partial charge in [0.1, 0.15) is 5.75 Å². The van der Waals surface area contributed by atoms with Crippen LogP contribution >= 0.6 is 0 Å². The molecular formula is C10H11NO5. The van der Waals surface area contributed by atoms with Crippen LogP contribution < -0.4 is 10.5 Å². The first kappa shape index (κ1) is 11.8. The molecule has 0 unspecified atom stereocenters. The fraction of sp³-hybridized carbons (Fsp3) is 0.200. The van der Waals surface area contributed by atoms with E-state index in [1.165, 1.54) is 19.1 Å². The molecule has 0 heterocycles. The Balaban J connectivity index is 2.34. The van der Waals surface area contributed by atoms with Crippen molar-refractivity contribution in [2.24, 2.45) is 0 Å². The van der Waals surface area contributed by atoms with Gasteiger partial charge in [-0.2, -0.15) is 0 Å². The summed E-state index contributed by atoms with van der Waals surface area (Å²) in [6.07, 6.45) is -0.953. The Morgan fingerprint density at radius 1 is 1.19 bits per heavy atom. The third-order valence-electron chi connectivity index (χ3n) is 1.52. The summed E-state index contributed by atoms with van der Waals surface area (Å²) >= 11 is 0. The number of carbonyl (C=O) groups is 2. The molecule has 2 N–H and O–H groups in total. The number of nitrogens with two attached hydrogens (primary N) is 1. The Kier molecular flexibility index (Phi) is 4.14. The van der Waals surface area contributed by atoms with Crippen LogP contribution in [-0.4, -0.2) is 18.9 Å². The molecular weight excluding hydrogens is 214 g/mol. The lowest BCUT2D eigenvalue weighted by atomic mass is 10.3. The first-order valence-electron chi connectivity index (χ1n) is 4.41. The van der Waals surface area contributed by atoms with Gasteiger partial charge < -0.3 is 19.9 Å². The minimum atomic E-state index is -0.953. The SMILES string of the molecule is CC(=O)OCOC(=O)Oc1ccc(N)cc1. The fourth-order valence-electron chi connectivity index (χ4n) is 0.822. The minimum Gasteiger partial charge on any atom is -0.428 e. The number of hydrogen-bond donors (Lipinski definition) is 1. The normalized spacial score (nSPS) is 9.31. The molecule has 0 radical (unpaired) electrons. The molecule has 0 spiro atoms. The predicted octanol–water partition coefficient (Wildman–Crippen LogP) is 1.30. The number of nitrogen functional groups attached to an aromatic ring is 1. The van der Waals surface area contributed by atoms with E-state index in [9.17, 15) is 9.59 Å². The van der Waals surface area contributed by atoms with E-state index in [0.29, 0.717) is 11.4 Å². The highest BCUT2D eigenvalue weighted by molar-refractivity contribution is 5.66. The van der Waals surface area contributed by atoms with E-state index in [2.05, 4.69) is 9.47 Å². The summed E-state index contributed by atoms with van der Waals surface area (Å²) in [6.45, 7) is 0.734. The molecule has 0 atom stereocenters. The van der Waals surface area contributed by atoms with Crippen LogP contribution in [0.2, 0.25) is 0 Å². The summed E-state index contributed by atoms with van der Waals surface area (Å²) in [5, 5.41) is 0. The van der Waals surface area contributed by atoms with Gasteiger partial charge >= 0.3 is 12.1 Å². The van der Waals surface area contributed by atoms with Crippen LogP contribution in [0.5, 0.6) is 5.75 Å². The number of anilines is 1. The maximum atomic E-state index is 11.0. The van der Waals surface area contributed by atoms with Crippen molar-refractivity contribution in [3.63, 3.8) is 0 Å². The Bertz CT molecular complexity index is 373. The summed E-state index contributed by atoms with van der Waals surface area (Å²) < 4.78 is 13.6. The minimum absolute atomic E-state index is 0.294. The lowest BCUT2D eigenvalue weighted by Gasteiger charge is -2.05. The molecule has 1 aromatic rings. The van der Waals surface area contributed by atoms with Crippen LogP contribution in [0.1, 0.15) is 6.92 Å². The van der Waals surface area contributed by atoms with Crippen molar-refractivity contribution in [2.45, 2.75) is 6.92 Å². The second-order valence-corrected chi connectivity index (χ2v) is 2.82. The third kappa shape index (κ3) is 4.32. The summed E-state index contributed by atoms with van der Waals surface area (Å²) in [4.78, 5) is 21.4. The van der Waals surface area contributed by atoms with Gasteiger partial charge in [-0.3, -0.25) is 4.79 Å². The predicted molar refractivity (Wildman–Crippen MR) is 54.6 cm³/mol. The second kappa shape index (κ2) is 5.59. The second-order valence-electron chi connectivity index (χ2n) is 2.82. The van der Waals surface area contributed by atoms with E-state index >= 15 is 0 Å². The van der Waals surface area contributed by atoms with Crippen LogP contribution in [0.25, 0.3) is 0 Å². The van der Waals surface area contributed by atoms with Crippen LogP contribution in [-0.2, 0) is 14.3 Å². The molecule has 1 aromatic carbocycles. The molecule has 6 heteroatoms. The molecule has 0 aliphatic heterocycles. The van der Waals surface area contributed by atoms with Gasteiger partial charge in [0.25, 0.3) is 0 Å². The molecule has 0 fully saturated rings. The van der Waals surface area contributed by atoms with Gasteiger partial charge in [-0.15, -0.1) is 0 Å². The number of benzene rings is 1. The molecule has 1 rings (SSSR count). The smallest absolute Gasteiger partial charge is 0.428 e. The Morgan fingerprint density at radius 3 is 2.38 bits per heavy atom. The van der Waals surface area contributed by atoms with Gasteiger partial charge in [0, 0.05) is 12.6 Å². The van der Waals surface area contributed by atoms with Crippen molar-refractivity contribution in [3.8, 4) is 5.75 Å². The Morgan fingerprint density at radius 2 is 1.81 bits per heavy atom. The van der Waals surface area contributed by atoms with Crippen LogP contribution in [0.15, 0.2) is 24.3 Å². The average Bonchev–Trinajstić information content (AvgIpc) is 2.21. The van der Waals surface area contributed by atoms with Crippen molar-refractivity contribution in [2.75, 3.05) is 12.5 Å². The fourth-order valence-corrected chi connectivity index (χ4v) is 0.822. The molecule has 0 aromatic heterocycles. The Hall–Kier alpha value is -2.24. The first-order chi connectivity index (χ1) is 7.58. The molecule has 0 saturated carbocycles. The topological polar surface area (TPSA) is 87.8 Å². The monoisotopic (exact) mass is 225 g/mol. The molecule has 0 bridgehead atoms. The average molecular weight is 225 g/mol. The maximum Gasteiger partial charge on any atom is 0.516 e. The lowest BCUT2D eigenvalue weighted by molar-refractivity contribution is -0.149. The van der Waals surface area contributed by atoms with Gasteiger partial charge in [0.05, 0.1) is 0 Å². The summed E-state index contributed by atoms with van der Waals surface area (Å²) in [5.74, 6) is -0.248. The molecule has 0 aliphatic carbocycles. The van der Waals surface area contributed by atoms with Gasteiger partial charge in [0.15, 0.2) is 0 Å².